The fourth-order valence-corrected chi connectivity index (χ4v) is 3.77. The van der Waals surface area contributed by atoms with Crippen LogP contribution in [-0.4, -0.2) is 34.0 Å². The van der Waals surface area contributed by atoms with E-state index in [1.165, 1.54) is 6.07 Å². The number of benzene rings is 1. The summed E-state index contributed by atoms with van der Waals surface area (Å²) in [6.45, 7) is 5.00. The van der Waals surface area contributed by atoms with Gasteiger partial charge in [-0.25, -0.2) is 4.39 Å². The molecule has 0 aliphatic carbocycles. The van der Waals surface area contributed by atoms with Crippen molar-refractivity contribution in [3.05, 3.63) is 59.1 Å². The predicted molar refractivity (Wildman–Crippen MR) is 100 cm³/mol. The molecule has 0 radical (unpaired) electrons. The summed E-state index contributed by atoms with van der Waals surface area (Å²) >= 11 is 0. The molecular formula is C21H22FN3O3. The highest BCUT2D eigenvalue weighted by Gasteiger charge is 2.28. The molecule has 7 heteroatoms. The van der Waals surface area contributed by atoms with Crippen molar-refractivity contribution < 1.29 is 18.1 Å². The van der Waals surface area contributed by atoms with Crippen molar-refractivity contribution in [1.29, 1.82) is 0 Å². The molecule has 0 N–H and O–H groups in total. The van der Waals surface area contributed by atoms with Crippen molar-refractivity contribution in [3.63, 3.8) is 0 Å². The smallest absolute Gasteiger partial charge is 0.257 e. The number of carbonyl (C=O) groups excluding carboxylic acids is 1. The standard InChI is InChI=1S/C21H22FN3O3/c1-13-10-17(14(2)27-13)21(26)25-9-5-6-15(12-25)11-19-23-20(24-28-19)16-7-3-4-8-18(16)22/h3-4,7-8,10,15H,5-6,9,11-12H2,1-2H3/t15-/m0/s1. The number of hydrogen-bond acceptors (Lipinski definition) is 5. The molecule has 0 unspecified atom stereocenters. The van der Waals surface area contributed by atoms with E-state index in [0.29, 0.717) is 35.7 Å². The van der Waals surface area contributed by atoms with Crippen LogP contribution >= 0.6 is 0 Å². The molecule has 1 aliphatic rings. The van der Waals surface area contributed by atoms with Gasteiger partial charge in [0.05, 0.1) is 11.1 Å². The van der Waals surface area contributed by atoms with Crippen molar-refractivity contribution in [2.45, 2.75) is 33.1 Å². The molecule has 3 aromatic rings. The van der Waals surface area contributed by atoms with Gasteiger partial charge in [-0.1, -0.05) is 17.3 Å². The number of amides is 1. The Bertz CT molecular complexity index is 994. The molecule has 0 spiro atoms. The molecule has 6 nitrogen and oxygen atoms in total. The van der Waals surface area contributed by atoms with Gasteiger partial charge in [-0.15, -0.1) is 0 Å². The molecular weight excluding hydrogens is 361 g/mol. The molecule has 4 rings (SSSR count). The molecule has 0 saturated carbocycles. The molecule has 1 aliphatic heterocycles. The lowest BCUT2D eigenvalue weighted by atomic mass is 9.94. The highest BCUT2D eigenvalue weighted by atomic mass is 19.1. The lowest BCUT2D eigenvalue weighted by molar-refractivity contribution is 0.0666. The van der Waals surface area contributed by atoms with Crippen molar-refractivity contribution in [1.82, 2.24) is 15.0 Å². The zero-order valence-corrected chi connectivity index (χ0v) is 15.9. The van der Waals surface area contributed by atoms with Crippen LogP contribution in [0.1, 0.15) is 40.6 Å². The molecule has 1 amide bonds. The maximum absolute atomic E-state index is 13.9. The summed E-state index contributed by atoms with van der Waals surface area (Å²) in [5, 5.41) is 3.91. The first-order chi connectivity index (χ1) is 13.5. The van der Waals surface area contributed by atoms with Gasteiger partial charge in [0, 0.05) is 19.5 Å². The number of halogens is 1. The van der Waals surface area contributed by atoms with E-state index >= 15 is 0 Å². The minimum absolute atomic E-state index is 0.00313. The van der Waals surface area contributed by atoms with Crippen LogP contribution in [0.15, 0.2) is 39.3 Å². The van der Waals surface area contributed by atoms with E-state index in [9.17, 15) is 9.18 Å². The van der Waals surface area contributed by atoms with Gasteiger partial charge in [0.1, 0.15) is 17.3 Å². The van der Waals surface area contributed by atoms with Crippen LogP contribution in [0.2, 0.25) is 0 Å². The summed E-state index contributed by atoms with van der Waals surface area (Å²) < 4.78 is 24.7. The Hall–Kier alpha value is -2.96. The molecule has 0 bridgehead atoms. The third-order valence-corrected chi connectivity index (χ3v) is 5.12. The molecule has 1 saturated heterocycles. The average Bonchev–Trinajstić information content (AvgIpc) is 3.27. The van der Waals surface area contributed by atoms with Gasteiger partial charge in [-0.3, -0.25) is 4.79 Å². The number of nitrogens with zero attached hydrogens (tertiary/aromatic N) is 3. The Morgan fingerprint density at radius 2 is 2.14 bits per heavy atom. The van der Waals surface area contributed by atoms with Gasteiger partial charge in [-0.05, 0) is 50.8 Å². The molecule has 146 valence electrons. The first kappa shape index (κ1) is 18.4. The maximum atomic E-state index is 13.9. The quantitative estimate of drug-likeness (QED) is 0.676. The van der Waals surface area contributed by atoms with Crippen LogP contribution in [0.4, 0.5) is 4.39 Å². The second-order valence-electron chi connectivity index (χ2n) is 7.28. The number of hydrogen-bond donors (Lipinski definition) is 0. The first-order valence-electron chi connectivity index (χ1n) is 9.45. The number of furan rings is 1. The van der Waals surface area contributed by atoms with Gasteiger partial charge in [0.2, 0.25) is 11.7 Å². The van der Waals surface area contributed by atoms with E-state index in [1.54, 1.807) is 24.3 Å². The molecule has 1 fully saturated rings. The van der Waals surface area contributed by atoms with Crippen LogP contribution < -0.4 is 0 Å². The van der Waals surface area contributed by atoms with E-state index in [1.807, 2.05) is 18.7 Å². The second-order valence-corrected chi connectivity index (χ2v) is 7.28. The van der Waals surface area contributed by atoms with E-state index in [0.717, 1.165) is 25.1 Å². The highest BCUT2D eigenvalue weighted by Crippen LogP contribution is 2.25. The summed E-state index contributed by atoms with van der Waals surface area (Å²) in [5.41, 5.74) is 0.946. The van der Waals surface area contributed by atoms with E-state index < -0.39 is 0 Å². The van der Waals surface area contributed by atoms with Crippen molar-refractivity contribution in [3.8, 4) is 11.4 Å². The highest BCUT2D eigenvalue weighted by molar-refractivity contribution is 5.95. The fraction of sp³-hybridized carbons (Fsp3) is 0.381. The summed E-state index contributed by atoms with van der Waals surface area (Å²) in [5.74, 6) is 1.94. The number of rotatable bonds is 4. The van der Waals surface area contributed by atoms with Crippen LogP contribution in [0.5, 0.6) is 0 Å². The van der Waals surface area contributed by atoms with Crippen molar-refractivity contribution in [2.75, 3.05) is 13.1 Å². The Kier molecular flexibility index (Phi) is 4.98. The number of aromatic nitrogens is 2. The van der Waals surface area contributed by atoms with Gasteiger partial charge in [0.15, 0.2) is 0 Å². The molecule has 28 heavy (non-hydrogen) atoms. The predicted octanol–water partition coefficient (Wildman–Crippen LogP) is 4.18. The Balaban J connectivity index is 1.44. The van der Waals surface area contributed by atoms with E-state index in [2.05, 4.69) is 10.1 Å². The summed E-state index contributed by atoms with van der Waals surface area (Å²) in [6, 6.07) is 8.14. The number of carbonyl (C=O) groups is 1. The first-order valence-corrected chi connectivity index (χ1v) is 9.45. The number of likely N-dealkylation sites (tertiary alicyclic amines) is 1. The normalized spacial score (nSPS) is 17.1. The zero-order chi connectivity index (χ0) is 19.7. The zero-order valence-electron chi connectivity index (χ0n) is 15.9. The molecule has 2 aromatic heterocycles. The average molecular weight is 383 g/mol. The monoisotopic (exact) mass is 383 g/mol. The number of aryl methyl sites for hydroxylation is 2. The van der Waals surface area contributed by atoms with Gasteiger partial charge >= 0.3 is 0 Å². The van der Waals surface area contributed by atoms with Crippen LogP contribution in [0, 0.1) is 25.6 Å². The number of piperidine rings is 1. The minimum atomic E-state index is -0.380. The lowest BCUT2D eigenvalue weighted by Crippen LogP contribution is -2.40. The summed E-state index contributed by atoms with van der Waals surface area (Å²) in [7, 11) is 0. The summed E-state index contributed by atoms with van der Waals surface area (Å²) in [4.78, 5) is 19.0. The van der Waals surface area contributed by atoms with Crippen LogP contribution in [0.3, 0.4) is 0 Å². The molecule has 3 heterocycles. The SMILES string of the molecule is Cc1cc(C(=O)N2CCC[C@@H](Cc3nc(-c4ccccc4F)no3)C2)c(C)o1. The van der Waals surface area contributed by atoms with Gasteiger partial charge in [-0.2, -0.15) is 4.98 Å². The van der Waals surface area contributed by atoms with Gasteiger partial charge in [0.25, 0.3) is 5.91 Å². The Morgan fingerprint density at radius 1 is 1.32 bits per heavy atom. The third kappa shape index (κ3) is 3.69. The molecule has 1 atom stereocenters. The lowest BCUT2D eigenvalue weighted by Gasteiger charge is -2.32. The molecule has 1 aromatic carbocycles. The van der Waals surface area contributed by atoms with Gasteiger partial charge < -0.3 is 13.8 Å². The van der Waals surface area contributed by atoms with Crippen LogP contribution in [-0.2, 0) is 6.42 Å². The van der Waals surface area contributed by atoms with Crippen molar-refractivity contribution in [2.24, 2.45) is 5.92 Å². The third-order valence-electron chi connectivity index (χ3n) is 5.12. The second kappa shape index (κ2) is 7.58. The van der Waals surface area contributed by atoms with Crippen LogP contribution in [0.25, 0.3) is 11.4 Å². The van der Waals surface area contributed by atoms with E-state index in [4.69, 9.17) is 8.94 Å². The Morgan fingerprint density at radius 3 is 2.89 bits per heavy atom. The largest absolute Gasteiger partial charge is 0.466 e. The van der Waals surface area contributed by atoms with Crippen molar-refractivity contribution >= 4 is 5.91 Å². The Labute approximate surface area is 162 Å². The maximum Gasteiger partial charge on any atom is 0.257 e. The summed E-state index contributed by atoms with van der Waals surface area (Å²) in [6.07, 6.45) is 2.46. The minimum Gasteiger partial charge on any atom is -0.466 e. The topological polar surface area (TPSA) is 72.4 Å². The van der Waals surface area contributed by atoms with E-state index in [-0.39, 0.29) is 23.5 Å². The fourth-order valence-electron chi connectivity index (χ4n) is 3.77.